The first-order valence-electron chi connectivity index (χ1n) is 11.8. The molecule has 2 amide bonds. The minimum absolute atomic E-state index is 0.0400. The summed E-state index contributed by atoms with van der Waals surface area (Å²) in [7, 11) is 1.66. The monoisotopic (exact) mass is 459 g/mol. The number of carbonyl (C=O) groups excluding carboxylic acids is 2. The van der Waals surface area contributed by atoms with Crippen LogP contribution in [0, 0.1) is 0 Å². The van der Waals surface area contributed by atoms with E-state index in [1.54, 1.807) is 19.5 Å². The van der Waals surface area contributed by atoms with Gasteiger partial charge >= 0.3 is 0 Å². The van der Waals surface area contributed by atoms with Gasteiger partial charge in [0, 0.05) is 55.7 Å². The first-order chi connectivity index (χ1) is 16.6. The lowest BCUT2D eigenvalue weighted by atomic mass is 10.0. The van der Waals surface area contributed by atoms with Crippen molar-refractivity contribution < 1.29 is 14.3 Å². The van der Waals surface area contributed by atoms with Gasteiger partial charge in [-0.05, 0) is 48.6 Å². The van der Waals surface area contributed by atoms with Gasteiger partial charge in [0.2, 0.25) is 5.91 Å². The zero-order valence-corrected chi connectivity index (χ0v) is 19.4. The van der Waals surface area contributed by atoms with Crippen LogP contribution < -0.4 is 10.1 Å². The molecule has 34 heavy (non-hydrogen) atoms. The standard InChI is InChI=1S/C26H29N5O3/c1-34-21-8-4-18(5-9-21)10-14-31-23-11-13-30(24(32)15-19-3-2-12-27-16-19)17-22(23)25(29-31)26(33)28-20-6-7-20/h2-5,8-9,12,16,20H,6-7,10-11,13-15,17H2,1H3,(H,28,33). The molecule has 2 aromatic heterocycles. The topological polar surface area (TPSA) is 89.4 Å². The fourth-order valence-electron chi connectivity index (χ4n) is 4.37. The number of aryl methyl sites for hydroxylation is 2. The van der Waals surface area contributed by atoms with E-state index in [4.69, 9.17) is 9.84 Å². The largest absolute Gasteiger partial charge is 0.497 e. The van der Waals surface area contributed by atoms with Gasteiger partial charge in [0.1, 0.15) is 5.75 Å². The molecule has 0 bridgehead atoms. The highest BCUT2D eigenvalue weighted by Gasteiger charge is 2.32. The summed E-state index contributed by atoms with van der Waals surface area (Å²) >= 11 is 0. The fraction of sp³-hybridized carbons (Fsp3) is 0.385. The van der Waals surface area contributed by atoms with Crippen LogP contribution in [0.15, 0.2) is 48.8 Å². The summed E-state index contributed by atoms with van der Waals surface area (Å²) in [5, 5.41) is 7.79. The van der Waals surface area contributed by atoms with Crippen molar-refractivity contribution in [2.75, 3.05) is 13.7 Å². The fourth-order valence-corrected chi connectivity index (χ4v) is 4.37. The second kappa shape index (κ2) is 9.67. The number of ether oxygens (including phenoxy) is 1. The van der Waals surface area contributed by atoms with Gasteiger partial charge in [0.15, 0.2) is 5.69 Å². The predicted octanol–water partition coefficient (Wildman–Crippen LogP) is 2.55. The third-order valence-corrected chi connectivity index (χ3v) is 6.46. The van der Waals surface area contributed by atoms with Crippen molar-refractivity contribution >= 4 is 11.8 Å². The van der Waals surface area contributed by atoms with Gasteiger partial charge in [-0.2, -0.15) is 5.10 Å². The highest BCUT2D eigenvalue weighted by Crippen LogP contribution is 2.26. The summed E-state index contributed by atoms with van der Waals surface area (Å²) in [6.45, 7) is 1.70. The number of carbonyl (C=O) groups is 2. The lowest BCUT2D eigenvalue weighted by Gasteiger charge is -2.28. The maximum atomic E-state index is 13.0. The number of methoxy groups -OCH3 is 1. The van der Waals surface area contributed by atoms with Crippen LogP contribution in [0.3, 0.4) is 0 Å². The number of hydrogen-bond acceptors (Lipinski definition) is 5. The predicted molar refractivity (Wildman–Crippen MR) is 126 cm³/mol. The lowest BCUT2D eigenvalue weighted by molar-refractivity contribution is -0.131. The van der Waals surface area contributed by atoms with Gasteiger partial charge in [-0.25, -0.2) is 0 Å². The molecule has 1 aliphatic heterocycles. The Morgan fingerprint density at radius 3 is 2.68 bits per heavy atom. The van der Waals surface area contributed by atoms with Crippen molar-refractivity contribution in [2.24, 2.45) is 0 Å². The molecule has 0 unspecified atom stereocenters. The molecular weight excluding hydrogens is 430 g/mol. The van der Waals surface area contributed by atoms with E-state index in [2.05, 4.69) is 10.3 Å². The van der Waals surface area contributed by atoms with Crippen molar-refractivity contribution in [3.05, 3.63) is 76.9 Å². The van der Waals surface area contributed by atoms with Gasteiger partial charge in [-0.3, -0.25) is 19.3 Å². The first kappa shape index (κ1) is 22.1. The number of rotatable bonds is 8. The normalized spacial score (nSPS) is 15.0. The van der Waals surface area contributed by atoms with Crippen LogP contribution in [0.4, 0.5) is 0 Å². The van der Waals surface area contributed by atoms with Crippen molar-refractivity contribution in [1.29, 1.82) is 0 Å². The molecule has 8 nitrogen and oxygen atoms in total. The maximum absolute atomic E-state index is 13.0. The van der Waals surface area contributed by atoms with E-state index < -0.39 is 0 Å². The van der Waals surface area contributed by atoms with E-state index in [1.807, 2.05) is 46.0 Å². The van der Waals surface area contributed by atoms with Crippen LogP contribution in [0.5, 0.6) is 5.75 Å². The Labute approximate surface area is 198 Å². The van der Waals surface area contributed by atoms with Gasteiger partial charge in [0.25, 0.3) is 5.91 Å². The Balaban J connectivity index is 1.34. The van der Waals surface area contributed by atoms with Gasteiger partial charge in [-0.15, -0.1) is 0 Å². The van der Waals surface area contributed by atoms with Crippen LogP contribution >= 0.6 is 0 Å². The average Bonchev–Trinajstić information content (AvgIpc) is 3.61. The number of fused-ring (bicyclic) bond motifs is 1. The molecule has 2 aliphatic rings. The highest BCUT2D eigenvalue weighted by molar-refractivity contribution is 5.94. The first-order valence-corrected chi connectivity index (χ1v) is 11.8. The number of hydrogen-bond donors (Lipinski definition) is 1. The summed E-state index contributed by atoms with van der Waals surface area (Å²) in [4.78, 5) is 31.9. The number of amides is 2. The van der Waals surface area contributed by atoms with Crippen LogP contribution in [-0.2, 0) is 37.1 Å². The van der Waals surface area contributed by atoms with Gasteiger partial charge in [0.05, 0.1) is 13.5 Å². The van der Waals surface area contributed by atoms with E-state index >= 15 is 0 Å². The molecule has 1 N–H and O–H groups in total. The van der Waals surface area contributed by atoms with E-state index in [9.17, 15) is 9.59 Å². The molecule has 5 rings (SSSR count). The van der Waals surface area contributed by atoms with Gasteiger partial charge < -0.3 is 15.0 Å². The molecule has 8 heteroatoms. The molecule has 3 aromatic rings. The summed E-state index contributed by atoms with van der Waals surface area (Å²) in [6, 6.07) is 12.0. The van der Waals surface area contributed by atoms with E-state index in [0.29, 0.717) is 38.2 Å². The van der Waals surface area contributed by atoms with Crippen LogP contribution in [0.2, 0.25) is 0 Å². The molecule has 0 saturated heterocycles. The SMILES string of the molecule is COc1ccc(CCn2nc(C(=O)NC3CC3)c3c2CCN(C(=O)Cc2cccnc2)C3)cc1. The summed E-state index contributed by atoms with van der Waals surface area (Å²) in [6.07, 6.45) is 7.24. The van der Waals surface area contributed by atoms with Crippen molar-refractivity contribution in [1.82, 2.24) is 25.0 Å². The van der Waals surface area contributed by atoms with E-state index in [-0.39, 0.29) is 17.9 Å². The molecule has 0 atom stereocenters. The molecule has 0 radical (unpaired) electrons. The molecule has 1 fully saturated rings. The Hall–Kier alpha value is -3.68. The van der Waals surface area contributed by atoms with Crippen molar-refractivity contribution in [2.45, 2.75) is 51.2 Å². The number of aromatic nitrogens is 3. The van der Waals surface area contributed by atoms with Crippen LogP contribution in [-0.4, -0.2) is 51.2 Å². The lowest BCUT2D eigenvalue weighted by Crippen LogP contribution is -2.38. The third kappa shape index (κ3) is 4.95. The summed E-state index contributed by atoms with van der Waals surface area (Å²) in [5.74, 6) is 0.733. The maximum Gasteiger partial charge on any atom is 0.272 e. The van der Waals surface area contributed by atoms with E-state index in [0.717, 1.165) is 41.8 Å². The smallest absolute Gasteiger partial charge is 0.272 e. The molecule has 176 valence electrons. The Morgan fingerprint density at radius 1 is 1.15 bits per heavy atom. The minimum Gasteiger partial charge on any atom is -0.497 e. The Morgan fingerprint density at radius 2 is 1.97 bits per heavy atom. The summed E-state index contributed by atoms with van der Waals surface area (Å²) in [5.41, 5.74) is 4.45. The number of nitrogens with zero attached hydrogens (tertiary/aromatic N) is 4. The molecular formula is C26H29N5O3. The molecule has 0 spiro atoms. The third-order valence-electron chi connectivity index (χ3n) is 6.46. The average molecular weight is 460 g/mol. The highest BCUT2D eigenvalue weighted by atomic mass is 16.5. The van der Waals surface area contributed by atoms with Gasteiger partial charge in [-0.1, -0.05) is 18.2 Å². The van der Waals surface area contributed by atoms with Crippen LogP contribution in [0.1, 0.15) is 45.7 Å². The van der Waals surface area contributed by atoms with E-state index in [1.165, 1.54) is 5.56 Å². The number of benzene rings is 1. The van der Waals surface area contributed by atoms with Crippen molar-refractivity contribution in [3.63, 3.8) is 0 Å². The van der Waals surface area contributed by atoms with Crippen LogP contribution in [0.25, 0.3) is 0 Å². The molecule has 1 aliphatic carbocycles. The summed E-state index contributed by atoms with van der Waals surface area (Å²) < 4.78 is 7.20. The quantitative estimate of drug-likeness (QED) is 0.559. The number of pyridine rings is 1. The zero-order valence-electron chi connectivity index (χ0n) is 19.4. The second-order valence-corrected chi connectivity index (χ2v) is 8.95. The Kier molecular flexibility index (Phi) is 6.29. The molecule has 3 heterocycles. The second-order valence-electron chi connectivity index (χ2n) is 8.95. The van der Waals surface area contributed by atoms with Crippen molar-refractivity contribution in [3.8, 4) is 5.75 Å². The Bertz CT molecular complexity index is 1170. The molecule has 1 aromatic carbocycles. The minimum atomic E-state index is -0.136. The number of nitrogens with one attached hydrogen (secondary N) is 1. The zero-order chi connectivity index (χ0) is 23.5. The molecule has 1 saturated carbocycles.